The van der Waals surface area contributed by atoms with E-state index in [0.29, 0.717) is 24.5 Å². The maximum absolute atomic E-state index is 12.7. The molecule has 0 radical (unpaired) electrons. The fourth-order valence-electron chi connectivity index (χ4n) is 2.91. The van der Waals surface area contributed by atoms with E-state index in [4.69, 9.17) is 8.83 Å². The minimum absolute atomic E-state index is 0.0636. The highest BCUT2D eigenvalue weighted by Gasteiger charge is 2.13. The molecule has 0 aliphatic rings. The molecule has 8 nitrogen and oxygen atoms in total. The van der Waals surface area contributed by atoms with Crippen LogP contribution in [0.4, 0.5) is 0 Å². The van der Waals surface area contributed by atoms with Crippen LogP contribution in [0.3, 0.4) is 0 Å². The summed E-state index contributed by atoms with van der Waals surface area (Å²) in [4.78, 5) is 32.7. The van der Waals surface area contributed by atoms with Crippen LogP contribution in [-0.2, 0) is 16.0 Å². The van der Waals surface area contributed by atoms with Crippen molar-refractivity contribution in [2.24, 2.45) is 0 Å². The Balaban J connectivity index is 1.39. The first kappa shape index (κ1) is 20.0. The number of carbonyl (C=O) groups is 2. The van der Waals surface area contributed by atoms with Crippen molar-refractivity contribution in [3.63, 3.8) is 0 Å². The molecule has 3 aromatic heterocycles. The van der Waals surface area contributed by atoms with E-state index in [1.54, 1.807) is 24.3 Å². The fourth-order valence-corrected chi connectivity index (χ4v) is 2.91. The summed E-state index contributed by atoms with van der Waals surface area (Å²) in [5, 5.41) is 5.38. The maximum Gasteiger partial charge on any atom is 0.267 e. The summed E-state index contributed by atoms with van der Waals surface area (Å²) in [6.45, 7) is 0.340. The molecule has 0 spiro atoms. The van der Waals surface area contributed by atoms with Crippen LogP contribution in [0.2, 0.25) is 0 Å². The van der Waals surface area contributed by atoms with E-state index in [2.05, 4.69) is 20.6 Å². The van der Waals surface area contributed by atoms with Gasteiger partial charge in [0.1, 0.15) is 23.0 Å². The predicted molar refractivity (Wildman–Crippen MR) is 115 cm³/mol. The third kappa shape index (κ3) is 5.39. The van der Waals surface area contributed by atoms with E-state index >= 15 is 0 Å². The van der Waals surface area contributed by atoms with Crippen LogP contribution in [0.25, 0.3) is 23.2 Å². The first-order valence-corrected chi connectivity index (χ1v) is 9.67. The number of fused-ring (bicyclic) bond motifs is 1. The summed E-state index contributed by atoms with van der Waals surface area (Å²) in [5.74, 6) is 0.831. The average Bonchev–Trinajstić information content (AvgIpc) is 3.53. The summed E-state index contributed by atoms with van der Waals surface area (Å²) in [5.41, 5.74) is 1.88. The van der Waals surface area contributed by atoms with Gasteiger partial charge < -0.3 is 24.5 Å². The molecule has 0 saturated carbocycles. The Kier molecular flexibility index (Phi) is 6.08. The molecule has 156 valence electrons. The molecule has 0 saturated heterocycles. The van der Waals surface area contributed by atoms with Crippen molar-refractivity contribution in [3.8, 4) is 0 Å². The number of furan rings is 2. The van der Waals surface area contributed by atoms with Crippen LogP contribution in [0.15, 0.2) is 81.7 Å². The Labute approximate surface area is 177 Å². The lowest BCUT2D eigenvalue weighted by Gasteiger charge is -2.09. The largest absolute Gasteiger partial charge is 0.465 e. The highest BCUT2D eigenvalue weighted by atomic mass is 16.3. The standard InChI is InChI=1S/C23H20N4O4/c28-22(10-9-16-5-3-13-30-16)27-20(15-17-6-4-14-31-17)23(29)24-12-11-21-25-18-7-1-2-8-19(18)26-21/h1-10,13-15H,11-12H2,(H,24,29)(H,25,26)(H,27,28)/b10-9+,20-15-. The molecular formula is C23H20N4O4. The van der Waals surface area contributed by atoms with Gasteiger partial charge in [0.05, 0.1) is 23.6 Å². The molecular weight excluding hydrogens is 396 g/mol. The van der Waals surface area contributed by atoms with Gasteiger partial charge in [-0.1, -0.05) is 12.1 Å². The molecule has 4 rings (SSSR count). The number of benzene rings is 1. The smallest absolute Gasteiger partial charge is 0.267 e. The summed E-state index contributed by atoms with van der Waals surface area (Å²) in [6, 6.07) is 14.5. The average molecular weight is 416 g/mol. The fraction of sp³-hybridized carbons (Fsp3) is 0.0870. The number of para-hydroxylation sites is 2. The van der Waals surface area contributed by atoms with Gasteiger partial charge in [0, 0.05) is 25.1 Å². The molecule has 0 bridgehead atoms. The molecule has 0 atom stereocenters. The van der Waals surface area contributed by atoms with E-state index in [9.17, 15) is 9.59 Å². The van der Waals surface area contributed by atoms with Crippen LogP contribution in [0, 0.1) is 0 Å². The Morgan fingerprint density at radius 3 is 2.52 bits per heavy atom. The van der Waals surface area contributed by atoms with Crippen molar-refractivity contribution in [1.82, 2.24) is 20.6 Å². The third-order valence-electron chi connectivity index (χ3n) is 4.36. The molecule has 31 heavy (non-hydrogen) atoms. The van der Waals surface area contributed by atoms with Crippen molar-refractivity contribution >= 4 is 35.0 Å². The van der Waals surface area contributed by atoms with Crippen molar-refractivity contribution in [2.75, 3.05) is 6.54 Å². The summed E-state index contributed by atoms with van der Waals surface area (Å²) >= 11 is 0. The SMILES string of the molecule is O=C(/C=C/c1ccco1)N/C(=C\c1ccco1)C(=O)NCCc1nc2ccccc2[nH]1. The lowest BCUT2D eigenvalue weighted by Crippen LogP contribution is -2.35. The van der Waals surface area contributed by atoms with Gasteiger partial charge in [0.15, 0.2) is 0 Å². The quantitative estimate of drug-likeness (QED) is 0.382. The van der Waals surface area contributed by atoms with Crippen LogP contribution in [0.5, 0.6) is 0 Å². The minimum atomic E-state index is -0.471. The van der Waals surface area contributed by atoms with Crippen LogP contribution >= 0.6 is 0 Å². The van der Waals surface area contributed by atoms with Gasteiger partial charge in [-0.05, 0) is 42.5 Å². The second kappa shape index (κ2) is 9.45. The summed E-state index contributed by atoms with van der Waals surface area (Å²) in [6.07, 6.45) is 7.78. The Bertz CT molecular complexity index is 1180. The highest BCUT2D eigenvalue weighted by Crippen LogP contribution is 2.11. The number of carbonyl (C=O) groups excluding carboxylic acids is 2. The number of rotatable bonds is 8. The molecule has 0 fully saturated rings. The van der Waals surface area contributed by atoms with Gasteiger partial charge in [0.2, 0.25) is 5.91 Å². The molecule has 1 aromatic carbocycles. The summed E-state index contributed by atoms with van der Waals surface area (Å²) in [7, 11) is 0. The molecule has 4 aromatic rings. The number of nitrogens with one attached hydrogen (secondary N) is 3. The Morgan fingerprint density at radius 2 is 1.77 bits per heavy atom. The topological polar surface area (TPSA) is 113 Å². The van der Waals surface area contributed by atoms with Crippen LogP contribution < -0.4 is 10.6 Å². The van der Waals surface area contributed by atoms with Crippen LogP contribution in [-0.4, -0.2) is 28.3 Å². The van der Waals surface area contributed by atoms with Gasteiger partial charge >= 0.3 is 0 Å². The highest BCUT2D eigenvalue weighted by molar-refractivity contribution is 6.04. The number of nitrogens with zero attached hydrogens (tertiary/aromatic N) is 1. The van der Waals surface area contributed by atoms with E-state index < -0.39 is 11.8 Å². The van der Waals surface area contributed by atoms with Gasteiger partial charge in [-0.25, -0.2) is 4.98 Å². The van der Waals surface area contributed by atoms with Gasteiger partial charge in [-0.15, -0.1) is 0 Å². The Morgan fingerprint density at radius 1 is 1.00 bits per heavy atom. The number of hydrogen-bond donors (Lipinski definition) is 3. The second-order valence-electron chi connectivity index (χ2n) is 6.62. The monoisotopic (exact) mass is 416 g/mol. The van der Waals surface area contributed by atoms with E-state index in [-0.39, 0.29) is 5.70 Å². The molecule has 0 aliphatic carbocycles. The molecule has 8 heteroatoms. The second-order valence-corrected chi connectivity index (χ2v) is 6.62. The van der Waals surface area contributed by atoms with Crippen molar-refractivity contribution in [3.05, 3.63) is 90.2 Å². The number of H-pyrrole nitrogens is 1. The van der Waals surface area contributed by atoms with Gasteiger partial charge in [0.25, 0.3) is 5.91 Å². The molecule has 2 amide bonds. The van der Waals surface area contributed by atoms with E-state index in [1.807, 2.05) is 24.3 Å². The Hall–Kier alpha value is -4.33. The van der Waals surface area contributed by atoms with Gasteiger partial charge in [-0.3, -0.25) is 9.59 Å². The number of amides is 2. The predicted octanol–water partition coefficient (Wildman–Crippen LogP) is 3.28. The molecule has 0 unspecified atom stereocenters. The maximum atomic E-state index is 12.7. The number of aromatic amines is 1. The lowest BCUT2D eigenvalue weighted by atomic mass is 10.3. The minimum Gasteiger partial charge on any atom is -0.465 e. The zero-order valence-corrected chi connectivity index (χ0v) is 16.5. The van der Waals surface area contributed by atoms with Crippen molar-refractivity contribution in [2.45, 2.75) is 6.42 Å². The molecule has 0 aliphatic heterocycles. The lowest BCUT2D eigenvalue weighted by molar-refractivity contribution is -0.121. The first-order chi connectivity index (χ1) is 15.2. The molecule has 3 heterocycles. The third-order valence-corrected chi connectivity index (χ3v) is 4.36. The van der Waals surface area contributed by atoms with Crippen molar-refractivity contribution in [1.29, 1.82) is 0 Å². The van der Waals surface area contributed by atoms with E-state index in [1.165, 1.54) is 30.8 Å². The normalized spacial score (nSPS) is 11.8. The number of imidazole rings is 1. The van der Waals surface area contributed by atoms with E-state index in [0.717, 1.165) is 16.9 Å². The summed E-state index contributed by atoms with van der Waals surface area (Å²) < 4.78 is 10.4. The zero-order valence-electron chi connectivity index (χ0n) is 16.5. The molecule has 3 N–H and O–H groups in total. The van der Waals surface area contributed by atoms with Crippen molar-refractivity contribution < 1.29 is 18.4 Å². The number of aromatic nitrogens is 2. The first-order valence-electron chi connectivity index (χ1n) is 9.67. The van der Waals surface area contributed by atoms with Gasteiger partial charge in [-0.2, -0.15) is 0 Å². The zero-order chi connectivity index (χ0) is 21.5. The van der Waals surface area contributed by atoms with Crippen LogP contribution in [0.1, 0.15) is 17.3 Å². The number of hydrogen-bond acceptors (Lipinski definition) is 5.